The second kappa shape index (κ2) is 10.3. The highest BCUT2D eigenvalue weighted by Gasteiger charge is 2.34. The normalized spacial score (nSPS) is 15.3. The standard InChI is InChI=1S/C22H26N2O4S/c1-27-19-10-6-5-7-17(19)15-23-20(25)21(26)24-16-22(11-13-28-14-12-22)29-18-8-3-2-4-9-18/h2-10H,11-16H2,1H3,(H,23,25)(H,24,26). The third-order valence-corrected chi connectivity index (χ3v) is 6.38. The number of hydrogen-bond donors (Lipinski definition) is 2. The van der Waals surface area contributed by atoms with Gasteiger partial charge in [0.05, 0.1) is 7.11 Å². The van der Waals surface area contributed by atoms with E-state index >= 15 is 0 Å². The Balaban J connectivity index is 1.56. The molecule has 1 saturated heterocycles. The van der Waals surface area contributed by atoms with Gasteiger partial charge in [-0.2, -0.15) is 0 Å². The Labute approximate surface area is 175 Å². The van der Waals surface area contributed by atoms with Gasteiger partial charge >= 0.3 is 11.8 Å². The Morgan fingerprint density at radius 3 is 2.38 bits per heavy atom. The molecule has 2 N–H and O–H groups in total. The second-order valence-corrected chi connectivity index (χ2v) is 8.43. The molecule has 0 aliphatic carbocycles. The Kier molecular flexibility index (Phi) is 7.55. The number of rotatable bonds is 7. The molecule has 3 rings (SSSR count). The van der Waals surface area contributed by atoms with Crippen molar-refractivity contribution in [2.75, 3.05) is 26.9 Å². The van der Waals surface area contributed by atoms with Crippen LogP contribution in [0.3, 0.4) is 0 Å². The molecule has 1 aliphatic heterocycles. The Hall–Kier alpha value is -2.51. The molecule has 1 aliphatic rings. The van der Waals surface area contributed by atoms with Gasteiger partial charge in [-0.15, -0.1) is 11.8 Å². The van der Waals surface area contributed by atoms with Gasteiger partial charge in [-0.1, -0.05) is 36.4 Å². The zero-order valence-corrected chi connectivity index (χ0v) is 17.3. The van der Waals surface area contributed by atoms with E-state index in [1.807, 2.05) is 42.5 Å². The maximum Gasteiger partial charge on any atom is 0.309 e. The van der Waals surface area contributed by atoms with Gasteiger partial charge in [0, 0.05) is 41.5 Å². The van der Waals surface area contributed by atoms with Crippen molar-refractivity contribution in [2.45, 2.75) is 29.0 Å². The lowest BCUT2D eigenvalue weighted by molar-refractivity contribution is -0.139. The first-order valence-corrected chi connectivity index (χ1v) is 10.4. The second-order valence-electron chi connectivity index (χ2n) is 6.89. The molecule has 154 valence electrons. The third-order valence-electron chi connectivity index (χ3n) is 4.89. The Bertz CT molecular complexity index is 823. The number of para-hydroxylation sites is 1. The molecule has 1 heterocycles. The predicted molar refractivity (Wildman–Crippen MR) is 113 cm³/mol. The van der Waals surface area contributed by atoms with Crippen molar-refractivity contribution in [3.63, 3.8) is 0 Å². The summed E-state index contributed by atoms with van der Waals surface area (Å²) in [4.78, 5) is 25.8. The topological polar surface area (TPSA) is 76.7 Å². The Morgan fingerprint density at radius 2 is 1.66 bits per heavy atom. The fraction of sp³-hybridized carbons (Fsp3) is 0.364. The molecule has 0 spiro atoms. The van der Waals surface area contributed by atoms with Gasteiger partial charge in [-0.25, -0.2) is 0 Å². The van der Waals surface area contributed by atoms with Gasteiger partial charge in [-0.05, 0) is 31.0 Å². The fourth-order valence-electron chi connectivity index (χ4n) is 3.22. The van der Waals surface area contributed by atoms with Crippen molar-refractivity contribution in [3.05, 3.63) is 60.2 Å². The number of amides is 2. The van der Waals surface area contributed by atoms with E-state index in [2.05, 4.69) is 22.8 Å². The van der Waals surface area contributed by atoms with Crippen molar-refractivity contribution >= 4 is 23.6 Å². The number of methoxy groups -OCH3 is 1. The molecule has 7 heteroatoms. The smallest absolute Gasteiger partial charge is 0.309 e. The van der Waals surface area contributed by atoms with Crippen molar-refractivity contribution in [3.8, 4) is 5.75 Å². The summed E-state index contributed by atoms with van der Waals surface area (Å²) < 4.78 is 10.6. The van der Waals surface area contributed by atoms with Crippen LogP contribution in [0.4, 0.5) is 0 Å². The molecule has 0 radical (unpaired) electrons. The first kappa shape index (κ1) is 21.2. The number of thioether (sulfide) groups is 1. The highest BCUT2D eigenvalue weighted by Crippen LogP contribution is 2.40. The van der Waals surface area contributed by atoms with Crippen LogP contribution >= 0.6 is 11.8 Å². The number of hydrogen-bond acceptors (Lipinski definition) is 5. The minimum atomic E-state index is -0.650. The van der Waals surface area contributed by atoms with Crippen LogP contribution < -0.4 is 15.4 Å². The van der Waals surface area contributed by atoms with Crippen LogP contribution in [0.5, 0.6) is 5.75 Å². The number of ether oxygens (including phenoxy) is 2. The number of carbonyl (C=O) groups excluding carboxylic acids is 2. The largest absolute Gasteiger partial charge is 0.496 e. The summed E-state index contributed by atoms with van der Waals surface area (Å²) in [5, 5.41) is 5.48. The molecule has 0 aromatic heterocycles. The molecular weight excluding hydrogens is 388 g/mol. The van der Waals surface area contributed by atoms with Crippen molar-refractivity contribution in [1.82, 2.24) is 10.6 Å². The van der Waals surface area contributed by atoms with Gasteiger partial charge < -0.3 is 20.1 Å². The lowest BCUT2D eigenvalue weighted by atomic mass is 9.99. The molecule has 2 aromatic carbocycles. The fourth-order valence-corrected chi connectivity index (χ4v) is 4.53. The van der Waals surface area contributed by atoms with Crippen LogP contribution in [0.2, 0.25) is 0 Å². The van der Waals surface area contributed by atoms with Gasteiger partial charge in [0.25, 0.3) is 0 Å². The monoisotopic (exact) mass is 414 g/mol. The van der Waals surface area contributed by atoms with E-state index in [0.29, 0.717) is 25.5 Å². The summed E-state index contributed by atoms with van der Waals surface area (Å²) >= 11 is 1.74. The van der Waals surface area contributed by atoms with Gasteiger partial charge in [0.1, 0.15) is 5.75 Å². The minimum absolute atomic E-state index is 0.182. The maximum atomic E-state index is 12.4. The molecule has 2 aromatic rings. The molecule has 0 unspecified atom stereocenters. The molecule has 1 fully saturated rings. The maximum absolute atomic E-state index is 12.4. The molecular formula is C22H26N2O4S. The van der Waals surface area contributed by atoms with Crippen molar-refractivity contribution in [1.29, 1.82) is 0 Å². The lowest BCUT2D eigenvalue weighted by Crippen LogP contribution is -2.48. The lowest BCUT2D eigenvalue weighted by Gasteiger charge is -2.36. The van der Waals surface area contributed by atoms with E-state index in [0.717, 1.165) is 23.3 Å². The third kappa shape index (κ3) is 5.98. The number of benzene rings is 2. The molecule has 0 saturated carbocycles. The van der Waals surface area contributed by atoms with E-state index in [1.54, 1.807) is 18.9 Å². The molecule has 6 nitrogen and oxygen atoms in total. The zero-order chi connectivity index (χ0) is 20.5. The Morgan fingerprint density at radius 1 is 1.00 bits per heavy atom. The van der Waals surface area contributed by atoms with Crippen molar-refractivity contribution < 1.29 is 19.1 Å². The molecule has 0 atom stereocenters. The highest BCUT2D eigenvalue weighted by atomic mass is 32.2. The summed E-state index contributed by atoms with van der Waals surface area (Å²) in [6, 6.07) is 17.5. The SMILES string of the molecule is COc1ccccc1CNC(=O)C(=O)NCC1(Sc2ccccc2)CCOCC1. The quantitative estimate of drug-likeness (QED) is 0.682. The summed E-state index contributed by atoms with van der Waals surface area (Å²) in [5.41, 5.74) is 0.816. The average molecular weight is 415 g/mol. The van der Waals surface area contributed by atoms with E-state index in [9.17, 15) is 9.59 Å². The summed E-state index contributed by atoms with van der Waals surface area (Å²) in [6.07, 6.45) is 1.63. The van der Waals surface area contributed by atoms with Gasteiger partial charge in [0.2, 0.25) is 0 Å². The predicted octanol–water partition coefficient (Wildman–Crippen LogP) is 2.77. The summed E-state index contributed by atoms with van der Waals surface area (Å²) in [6.45, 7) is 1.94. The van der Waals surface area contributed by atoms with Gasteiger partial charge in [-0.3, -0.25) is 9.59 Å². The van der Waals surface area contributed by atoms with Crippen LogP contribution in [0.25, 0.3) is 0 Å². The van der Waals surface area contributed by atoms with E-state index in [1.165, 1.54) is 0 Å². The first-order chi connectivity index (χ1) is 14.1. The highest BCUT2D eigenvalue weighted by molar-refractivity contribution is 8.00. The van der Waals surface area contributed by atoms with Gasteiger partial charge in [0.15, 0.2) is 0 Å². The molecule has 29 heavy (non-hydrogen) atoms. The number of carbonyl (C=O) groups is 2. The summed E-state index contributed by atoms with van der Waals surface area (Å²) in [7, 11) is 1.57. The summed E-state index contributed by atoms with van der Waals surface area (Å²) in [5.74, 6) is -0.601. The van der Waals surface area contributed by atoms with E-state index < -0.39 is 11.8 Å². The average Bonchev–Trinajstić information content (AvgIpc) is 2.77. The van der Waals surface area contributed by atoms with Crippen LogP contribution in [0, 0.1) is 0 Å². The number of nitrogens with one attached hydrogen (secondary N) is 2. The van der Waals surface area contributed by atoms with E-state index in [-0.39, 0.29) is 11.3 Å². The van der Waals surface area contributed by atoms with Crippen LogP contribution in [-0.2, 0) is 20.9 Å². The molecule has 2 amide bonds. The molecule has 0 bridgehead atoms. The van der Waals surface area contributed by atoms with Crippen LogP contribution in [0.15, 0.2) is 59.5 Å². The van der Waals surface area contributed by atoms with Crippen LogP contribution in [0.1, 0.15) is 18.4 Å². The first-order valence-electron chi connectivity index (χ1n) is 9.62. The zero-order valence-electron chi connectivity index (χ0n) is 16.5. The minimum Gasteiger partial charge on any atom is -0.496 e. The van der Waals surface area contributed by atoms with E-state index in [4.69, 9.17) is 9.47 Å². The van der Waals surface area contributed by atoms with Crippen LogP contribution in [-0.4, -0.2) is 43.4 Å². The van der Waals surface area contributed by atoms with Crippen molar-refractivity contribution in [2.24, 2.45) is 0 Å².